The van der Waals surface area contributed by atoms with E-state index in [1.54, 1.807) is 36.4 Å². The lowest BCUT2D eigenvalue weighted by Crippen LogP contribution is -2.37. The molecule has 0 aliphatic heterocycles. The van der Waals surface area contributed by atoms with E-state index in [1.165, 1.54) is 13.0 Å². The fourth-order valence-corrected chi connectivity index (χ4v) is 3.60. The molecule has 1 N–H and O–H groups in total. The second kappa shape index (κ2) is 13.1. The molecule has 1 unspecified atom stereocenters. The van der Waals surface area contributed by atoms with Crippen LogP contribution in [0.15, 0.2) is 72.8 Å². The monoisotopic (exact) mass is 489 g/mol. The predicted molar refractivity (Wildman–Crippen MR) is 137 cm³/mol. The van der Waals surface area contributed by atoms with E-state index >= 15 is 0 Å². The van der Waals surface area contributed by atoms with Gasteiger partial charge >= 0.3 is 5.97 Å². The van der Waals surface area contributed by atoms with E-state index in [9.17, 15) is 14.4 Å². The molecule has 7 heteroatoms. The number of nitrogens with one attached hydrogen (secondary N) is 1. The maximum Gasteiger partial charge on any atom is 0.339 e. The van der Waals surface area contributed by atoms with E-state index < -0.39 is 18.0 Å². The molecule has 7 nitrogen and oxygen atoms in total. The van der Waals surface area contributed by atoms with Crippen LogP contribution in [0.4, 0.5) is 0 Å². The number of rotatable bonds is 12. The van der Waals surface area contributed by atoms with Crippen molar-refractivity contribution in [2.75, 3.05) is 19.8 Å². The molecule has 188 valence electrons. The summed E-state index contributed by atoms with van der Waals surface area (Å²) in [4.78, 5) is 38.7. The van der Waals surface area contributed by atoms with E-state index in [-0.39, 0.29) is 16.9 Å². The van der Waals surface area contributed by atoms with E-state index in [0.29, 0.717) is 43.2 Å². The third-order valence-electron chi connectivity index (χ3n) is 5.41. The van der Waals surface area contributed by atoms with Gasteiger partial charge in [-0.3, -0.25) is 9.59 Å². The van der Waals surface area contributed by atoms with Crippen molar-refractivity contribution < 1.29 is 28.6 Å². The Balaban J connectivity index is 1.69. The second-order valence-electron chi connectivity index (χ2n) is 7.98. The molecular weight excluding hydrogens is 458 g/mol. The first-order valence-electron chi connectivity index (χ1n) is 12.0. The summed E-state index contributed by atoms with van der Waals surface area (Å²) < 4.78 is 16.6. The summed E-state index contributed by atoms with van der Waals surface area (Å²) >= 11 is 0. The zero-order valence-electron chi connectivity index (χ0n) is 20.8. The highest BCUT2D eigenvalue weighted by atomic mass is 16.5. The smallest absolute Gasteiger partial charge is 0.339 e. The van der Waals surface area contributed by atoms with Crippen LogP contribution in [-0.2, 0) is 16.0 Å². The number of hydrogen-bond donors (Lipinski definition) is 1. The van der Waals surface area contributed by atoms with Crippen LogP contribution in [0.2, 0.25) is 0 Å². The summed E-state index contributed by atoms with van der Waals surface area (Å²) in [6.07, 6.45) is -0.359. The highest BCUT2D eigenvalue weighted by Gasteiger charge is 2.24. The predicted octanol–water partition coefficient (Wildman–Crippen LogP) is 4.62. The zero-order chi connectivity index (χ0) is 25.9. The number of carbonyl (C=O) groups excluding carboxylic acids is 3. The number of amides is 1. The standard InChI is InChI=1S/C29H31NO6/c1-4-34-25-16-15-22(19-26(25)35-5-2)27(31)23-13-9-10-14-24(23)29(33)36-20(3)28(32)30-18-17-21-11-7-6-8-12-21/h6-16,19-20H,4-5,17-18H2,1-3H3,(H,30,32). The summed E-state index contributed by atoms with van der Waals surface area (Å²) in [6, 6.07) is 21.0. The number of ether oxygens (including phenoxy) is 3. The zero-order valence-corrected chi connectivity index (χ0v) is 20.8. The Labute approximate surface area is 211 Å². The normalized spacial score (nSPS) is 11.3. The molecular formula is C29H31NO6. The number of esters is 1. The Morgan fingerprint density at radius 3 is 2.14 bits per heavy atom. The molecule has 0 aliphatic carbocycles. The fraction of sp³-hybridized carbons (Fsp3) is 0.276. The Hall–Kier alpha value is -4.13. The van der Waals surface area contributed by atoms with Gasteiger partial charge in [0.15, 0.2) is 23.4 Å². The van der Waals surface area contributed by atoms with Crippen molar-refractivity contribution in [2.24, 2.45) is 0 Å². The molecule has 0 heterocycles. The number of ketones is 1. The molecule has 0 aliphatic rings. The Kier molecular flexibility index (Phi) is 9.63. The molecule has 36 heavy (non-hydrogen) atoms. The molecule has 0 radical (unpaired) electrons. The molecule has 0 saturated heterocycles. The van der Waals surface area contributed by atoms with Gasteiger partial charge in [-0.1, -0.05) is 48.5 Å². The van der Waals surface area contributed by atoms with Crippen molar-refractivity contribution >= 4 is 17.7 Å². The molecule has 0 aromatic heterocycles. The minimum Gasteiger partial charge on any atom is -0.490 e. The Morgan fingerprint density at radius 1 is 0.806 bits per heavy atom. The molecule has 0 saturated carbocycles. The maximum absolute atomic E-state index is 13.3. The van der Waals surface area contributed by atoms with Crippen molar-refractivity contribution in [2.45, 2.75) is 33.3 Å². The number of carbonyl (C=O) groups is 3. The highest BCUT2D eigenvalue weighted by Crippen LogP contribution is 2.30. The summed E-state index contributed by atoms with van der Waals surface area (Å²) in [7, 11) is 0. The maximum atomic E-state index is 13.3. The molecule has 1 amide bonds. The van der Waals surface area contributed by atoms with Crippen LogP contribution in [0.1, 0.15) is 52.6 Å². The molecule has 3 aromatic rings. The molecule has 0 fully saturated rings. The average molecular weight is 490 g/mol. The summed E-state index contributed by atoms with van der Waals surface area (Å²) in [5.41, 5.74) is 1.69. The van der Waals surface area contributed by atoms with Gasteiger partial charge in [0.2, 0.25) is 0 Å². The van der Waals surface area contributed by atoms with Gasteiger partial charge in [-0.15, -0.1) is 0 Å². The lowest BCUT2D eigenvalue weighted by Gasteiger charge is -2.15. The van der Waals surface area contributed by atoms with Gasteiger partial charge in [0.05, 0.1) is 18.8 Å². The van der Waals surface area contributed by atoms with E-state index in [2.05, 4.69) is 5.32 Å². The van der Waals surface area contributed by atoms with Gasteiger partial charge < -0.3 is 19.5 Å². The Morgan fingerprint density at radius 2 is 1.44 bits per heavy atom. The van der Waals surface area contributed by atoms with Crippen molar-refractivity contribution in [1.29, 1.82) is 0 Å². The van der Waals surface area contributed by atoms with Gasteiger partial charge in [-0.25, -0.2) is 4.79 Å². The van der Waals surface area contributed by atoms with Crippen LogP contribution in [0.5, 0.6) is 11.5 Å². The van der Waals surface area contributed by atoms with Gasteiger partial charge in [-0.05, 0) is 57.0 Å². The molecule has 1 atom stereocenters. The molecule has 0 spiro atoms. The SMILES string of the molecule is CCOc1ccc(C(=O)c2ccccc2C(=O)OC(C)C(=O)NCCc2ccccc2)cc1OCC. The van der Waals surface area contributed by atoms with E-state index in [0.717, 1.165) is 5.56 Å². The first-order valence-corrected chi connectivity index (χ1v) is 12.0. The third-order valence-corrected chi connectivity index (χ3v) is 5.41. The van der Waals surface area contributed by atoms with Crippen molar-refractivity contribution in [3.63, 3.8) is 0 Å². The van der Waals surface area contributed by atoms with Crippen LogP contribution in [0.25, 0.3) is 0 Å². The number of benzene rings is 3. The Bertz CT molecular complexity index is 1190. The van der Waals surface area contributed by atoms with Crippen LogP contribution >= 0.6 is 0 Å². The topological polar surface area (TPSA) is 90.9 Å². The van der Waals surface area contributed by atoms with Crippen molar-refractivity contribution in [1.82, 2.24) is 5.32 Å². The summed E-state index contributed by atoms with van der Waals surface area (Å²) in [5, 5.41) is 2.78. The van der Waals surface area contributed by atoms with Crippen LogP contribution in [-0.4, -0.2) is 43.5 Å². The van der Waals surface area contributed by atoms with Crippen LogP contribution in [0.3, 0.4) is 0 Å². The molecule has 3 aromatic carbocycles. The lowest BCUT2D eigenvalue weighted by atomic mass is 9.98. The first kappa shape index (κ1) is 26.5. The average Bonchev–Trinajstić information content (AvgIpc) is 2.90. The second-order valence-corrected chi connectivity index (χ2v) is 7.98. The van der Waals surface area contributed by atoms with Gasteiger partial charge in [0.1, 0.15) is 0 Å². The minimum atomic E-state index is -1.02. The minimum absolute atomic E-state index is 0.0817. The lowest BCUT2D eigenvalue weighted by molar-refractivity contribution is -0.129. The van der Waals surface area contributed by atoms with Crippen LogP contribution in [0, 0.1) is 0 Å². The largest absolute Gasteiger partial charge is 0.490 e. The highest BCUT2D eigenvalue weighted by molar-refractivity contribution is 6.14. The molecule has 3 rings (SSSR count). The van der Waals surface area contributed by atoms with Crippen molar-refractivity contribution in [3.8, 4) is 11.5 Å². The summed E-state index contributed by atoms with van der Waals surface area (Å²) in [5.74, 6) is -0.537. The molecule has 0 bridgehead atoms. The van der Waals surface area contributed by atoms with E-state index in [4.69, 9.17) is 14.2 Å². The first-order chi connectivity index (χ1) is 17.4. The van der Waals surface area contributed by atoms with Gasteiger partial charge in [0.25, 0.3) is 5.91 Å². The quantitative estimate of drug-likeness (QED) is 0.295. The third kappa shape index (κ3) is 6.95. The van der Waals surface area contributed by atoms with E-state index in [1.807, 2.05) is 44.2 Å². The van der Waals surface area contributed by atoms with Gasteiger partial charge in [0, 0.05) is 17.7 Å². The number of hydrogen-bond acceptors (Lipinski definition) is 6. The van der Waals surface area contributed by atoms with Crippen LogP contribution < -0.4 is 14.8 Å². The van der Waals surface area contributed by atoms with Gasteiger partial charge in [-0.2, -0.15) is 0 Å². The fourth-order valence-electron chi connectivity index (χ4n) is 3.60. The van der Waals surface area contributed by atoms with Crippen molar-refractivity contribution in [3.05, 3.63) is 95.1 Å². The summed E-state index contributed by atoms with van der Waals surface area (Å²) in [6.45, 7) is 6.49.